The van der Waals surface area contributed by atoms with Crippen molar-refractivity contribution in [3.8, 4) is 5.75 Å². The Balaban J connectivity index is 2.19. The molecule has 0 spiro atoms. The van der Waals surface area contributed by atoms with Crippen LogP contribution in [-0.2, 0) is 6.61 Å². The molecule has 0 unspecified atom stereocenters. The van der Waals surface area contributed by atoms with E-state index < -0.39 is 5.97 Å². The van der Waals surface area contributed by atoms with Crippen LogP contribution in [-0.4, -0.2) is 11.1 Å². The number of hydrogen-bond donors (Lipinski definition) is 1. The van der Waals surface area contributed by atoms with Gasteiger partial charge in [-0.3, -0.25) is 0 Å². The van der Waals surface area contributed by atoms with E-state index in [4.69, 9.17) is 9.84 Å². The normalized spacial score (nSPS) is 10.2. The van der Waals surface area contributed by atoms with E-state index in [2.05, 4.69) is 0 Å². The molecule has 2 aromatic rings. The second-order valence-corrected chi connectivity index (χ2v) is 4.45. The highest BCUT2D eigenvalue weighted by Crippen LogP contribution is 2.22. The van der Waals surface area contributed by atoms with Crippen LogP contribution in [0.15, 0.2) is 42.5 Å². The van der Waals surface area contributed by atoms with Crippen LogP contribution in [0.1, 0.15) is 27.0 Å². The van der Waals surface area contributed by atoms with Gasteiger partial charge in [-0.05, 0) is 37.1 Å². The first kappa shape index (κ1) is 13.1. The number of aromatic carboxylic acids is 1. The highest BCUT2D eigenvalue weighted by molar-refractivity contribution is 5.89. The lowest BCUT2D eigenvalue weighted by Gasteiger charge is -2.12. The average molecular weight is 256 g/mol. The molecule has 0 aliphatic carbocycles. The SMILES string of the molecule is Cc1cccc(OCc2ccccc2C(=O)O)c1C. The molecule has 3 heteroatoms. The van der Waals surface area contributed by atoms with E-state index >= 15 is 0 Å². The molecule has 0 aromatic heterocycles. The molecule has 2 rings (SSSR count). The van der Waals surface area contributed by atoms with Gasteiger partial charge in [0.1, 0.15) is 12.4 Å². The van der Waals surface area contributed by atoms with E-state index in [0.29, 0.717) is 5.56 Å². The van der Waals surface area contributed by atoms with Crippen molar-refractivity contribution >= 4 is 5.97 Å². The summed E-state index contributed by atoms with van der Waals surface area (Å²) >= 11 is 0. The van der Waals surface area contributed by atoms with Gasteiger partial charge in [0, 0.05) is 5.56 Å². The van der Waals surface area contributed by atoms with Gasteiger partial charge in [0.05, 0.1) is 5.56 Å². The van der Waals surface area contributed by atoms with Crippen LogP contribution >= 0.6 is 0 Å². The Morgan fingerprint density at radius 2 is 1.84 bits per heavy atom. The van der Waals surface area contributed by atoms with E-state index in [1.165, 1.54) is 0 Å². The first-order valence-corrected chi connectivity index (χ1v) is 6.10. The monoisotopic (exact) mass is 256 g/mol. The number of carboxylic acids is 1. The van der Waals surface area contributed by atoms with Crippen LogP contribution in [0.3, 0.4) is 0 Å². The van der Waals surface area contributed by atoms with Crippen molar-refractivity contribution in [1.29, 1.82) is 0 Å². The van der Waals surface area contributed by atoms with Gasteiger partial charge in [-0.15, -0.1) is 0 Å². The summed E-state index contributed by atoms with van der Waals surface area (Å²) in [6, 6.07) is 12.7. The zero-order valence-corrected chi connectivity index (χ0v) is 11.0. The fraction of sp³-hybridized carbons (Fsp3) is 0.188. The van der Waals surface area contributed by atoms with Gasteiger partial charge < -0.3 is 9.84 Å². The fourth-order valence-electron chi connectivity index (χ4n) is 1.89. The number of carbonyl (C=O) groups is 1. The van der Waals surface area contributed by atoms with Crippen molar-refractivity contribution in [2.75, 3.05) is 0 Å². The van der Waals surface area contributed by atoms with Crippen LogP contribution in [0, 0.1) is 13.8 Å². The minimum absolute atomic E-state index is 0.257. The molecular weight excluding hydrogens is 240 g/mol. The van der Waals surface area contributed by atoms with Crippen molar-refractivity contribution in [1.82, 2.24) is 0 Å². The molecule has 0 amide bonds. The number of aryl methyl sites for hydroxylation is 1. The maximum absolute atomic E-state index is 11.1. The molecule has 2 aromatic carbocycles. The Morgan fingerprint density at radius 3 is 2.58 bits per heavy atom. The van der Waals surface area contributed by atoms with E-state index in [-0.39, 0.29) is 12.2 Å². The van der Waals surface area contributed by atoms with Crippen molar-refractivity contribution in [3.05, 3.63) is 64.7 Å². The number of rotatable bonds is 4. The third-order valence-electron chi connectivity index (χ3n) is 3.19. The molecule has 0 heterocycles. The van der Waals surface area contributed by atoms with Crippen LogP contribution in [0.5, 0.6) is 5.75 Å². The first-order valence-electron chi connectivity index (χ1n) is 6.10. The maximum Gasteiger partial charge on any atom is 0.336 e. The molecule has 1 N–H and O–H groups in total. The maximum atomic E-state index is 11.1. The largest absolute Gasteiger partial charge is 0.489 e. The zero-order chi connectivity index (χ0) is 13.8. The summed E-state index contributed by atoms with van der Waals surface area (Å²) in [6.45, 7) is 4.27. The average Bonchev–Trinajstić information content (AvgIpc) is 2.40. The van der Waals surface area contributed by atoms with Gasteiger partial charge in [0.15, 0.2) is 0 Å². The fourth-order valence-corrected chi connectivity index (χ4v) is 1.89. The van der Waals surface area contributed by atoms with Crippen LogP contribution < -0.4 is 4.74 Å². The Morgan fingerprint density at radius 1 is 1.11 bits per heavy atom. The number of benzene rings is 2. The molecule has 0 saturated carbocycles. The summed E-state index contributed by atoms with van der Waals surface area (Å²) in [5, 5.41) is 9.11. The highest BCUT2D eigenvalue weighted by Gasteiger charge is 2.10. The lowest BCUT2D eigenvalue weighted by Crippen LogP contribution is -2.06. The zero-order valence-electron chi connectivity index (χ0n) is 11.0. The third-order valence-corrected chi connectivity index (χ3v) is 3.19. The highest BCUT2D eigenvalue weighted by atomic mass is 16.5. The molecule has 0 aliphatic rings. The standard InChI is InChI=1S/C16H16O3/c1-11-6-5-9-15(12(11)2)19-10-13-7-3-4-8-14(13)16(17)18/h3-9H,10H2,1-2H3,(H,17,18). The summed E-state index contributed by atoms with van der Waals surface area (Å²) in [7, 11) is 0. The van der Waals surface area contributed by atoms with E-state index in [1.54, 1.807) is 18.2 Å². The minimum Gasteiger partial charge on any atom is -0.489 e. The van der Waals surface area contributed by atoms with Gasteiger partial charge in [-0.25, -0.2) is 4.79 Å². The predicted molar refractivity (Wildman–Crippen MR) is 73.6 cm³/mol. The summed E-state index contributed by atoms with van der Waals surface area (Å²) in [5.74, 6) is -0.139. The molecule has 0 atom stereocenters. The Hall–Kier alpha value is -2.29. The Kier molecular flexibility index (Phi) is 3.85. The number of hydrogen-bond acceptors (Lipinski definition) is 2. The number of carboxylic acid groups (broad SMARTS) is 1. The van der Waals surface area contributed by atoms with Gasteiger partial charge >= 0.3 is 5.97 Å². The van der Waals surface area contributed by atoms with Crippen LogP contribution in [0.2, 0.25) is 0 Å². The van der Waals surface area contributed by atoms with Gasteiger partial charge in [-0.2, -0.15) is 0 Å². The van der Waals surface area contributed by atoms with Crippen molar-refractivity contribution in [2.24, 2.45) is 0 Å². The molecule has 3 nitrogen and oxygen atoms in total. The summed E-state index contributed by atoms with van der Waals surface area (Å²) in [4.78, 5) is 11.1. The molecule has 0 aliphatic heterocycles. The van der Waals surface area contributed by atoms with E-state index in [1.807, 2.05) is 38.1 Å². The summed E-state index contributed by atoms with van der Waals surface area (Å²) in [5.41, 5.74) is 3.20. The van der Waals surface area contributed by atoms with E-state index in [9.17, 15) is 4.79 Å². The second-order valence-electron chi connectivity index (χ2n) is 4.45. The topological polar surface area (TPSA) is 46.5 Å². The van der Waals surface area contributed by atoms with Crippen molar-refractivity contribution in [2.45, 2.75) is 20.5 Å². The van der Waals surface area contributed by atoms with E-state index in [0.717, 1.165) is 16.9 Å². The molecular formula is C16H16O3. The van der Waals surface area contributed by atoms with Crippen molar-refractivity contribution < 1.29 is 14.6 Å². The molecule has 0 bridgehead atoms. The smallest absolute Gasteiger partial charge is 0.336 e. The summed E-state index contributed by atoms with van der Waals surface area (Å²) < 4.78 is 5.73. The van der Waals surface area contributed by atoms with Gasteiger partial charge in [-0.1, -0.05) is 30.3 Å². The Labute approximate surface area is 112 Å². The molecule has 0 saturated heterocycles. The minimum atomic E-state index is -0.930. The number of ether oxygens (including phenoxy) is 1. The first-order chi connectivity index (χ1) is 9.09. The lowest BCUT2D eigenvalue weighted by molar-refractivity contribution is 0.0694. The molecule has 19 heavy (non-hydrogen) atoms. The lowest BCUT2D eigenvalue weighted by atomic mass is 10.1. The van der Waals surface area contributed by atoms with Crippen LogP contribution in [0.25, 0.3) is 0 Å². The third kappa shape index (κ3) is 2.94. The molecule has 0 radical (unpaired) electrons. The summed E-state index contributed by atoms with van der Waals surface area (Å²) in [6.07, 6.45) is 0. The van der Waals surface area contributed by atoms with Crippen molar-refractivity contribution in [3.63, 3.8) is 0 Å². The second kappa shape index (κ2) is 5.57. The van der Waals surface area contributed by atoms with Gasteiger partial charge in [0.2, 0.25) is 0 Å². The molecule has 0 fully saturated rings. The van der Waals surface area contributed by atoms with Crippen LogP contribution in [0.4, 0.5) is 0 Å². The molecule has 98 valence electrons. The Bertz CT molecular complexity index is 603. The van der Waals surface area contributed by atoms with Gasteiger partial charge in [0.25, 0.3) is 0 Å². The quantitative estimate of drug-likeness (QED) is 0.909. The predicted octanol–water partition coefficient (Wildman–Crippen LogP) is 3.58.